The summed E-state index contributed by atoms with van der Waals surface area (Å²) in [5, 5.41) is 1.11. The van der Waals surface area contributed by atoms with Gasteiger partial charge < -0.3 is 9.47 Å². The Morgan fingerprint density at radius 2 is 2.00 bits per heavy atom. The molecule has 104 valence electrons. The van der Waals surface area contributed by atoms with E-state index in [2.05, 4.69) is 35.3 Å². The smallest absolute Gasteiger partial charge is 0.221 e. The highest BCUT2D eigenvalue weighted by atomic mass is 16.5. The van der Waals surface area contributed by atoms with Crippen LogP contribution in [-0.2, 0) is 6.42 Å². The van der Waals surface area contributed by atoms with Crippen molar-refractivity contribution in [1.82, 2.24) is 4.98 Å². The molecule has 0 spiro atoms. The van der Waals surface area contributed by atoms with Crippen LogP contribution in [0.1, 0.15) is 5.56 Å². The maximum absolute atomic E-state index is 5.66. The summed E-state index contributed by atoms with van der Waals surface area (Å²) in [6, 6.07) is 16.5. The molecule has 0 atom stereocenters. The number of fused-ring (bicyclic) bond motifs is 2. The number of ether oxygens (including phenoxy) is 2. The van der Waals surface area contributed by atoms with Crippen LogP contribution in [0.5, 0.6) is 11.6 Å². The van der Waals surface area contributed by atoms with Crippen LogP contribution < -0.4 is 9.47 Å². The van der Waals surface area contributed by atoms with Crippen molar-refractivity contribution in [3.63, 3.8) is 0 Å². The zero-order valence-corrected chi connectivity index (χ0v) is 11.8. The Kier molecular flexibility index (Phi) is 2.78. The molecule has 2 heterocycles. The molecule has 0 saturated heterocycles. The minimum absolute atomic E-state index is 0.645. The van der Waals surface area contributed by atoms with Gasteiger partial charge in [-0.1, -0.05) is 30.3 Å². The van der Waals surface area contributed by atoms with E-state index >= 15 is 0 Å². The number of aromatic nitrogens is 1. The number of nitrogens with zero attached hydrogens (tertiary/aromatic N) is 1. The lowest BCUT2D eigenvalue weighted by molar-refractivity contribution is 0.357. The van der Waals surface area contributed by atoms with Gasteiger partial charge in [-0.05, 0) is 29.3 Å². The lowest BCUT2D eigenvalue weighted by atomic mass is 10.0. The maximum Gasteiger partial charge on any atom is 0.221 e. The van der Waals surface area contributed by atoms with Gasteiger partial charge in [-0.3, -0.25) is 0 Å². The second kappa shape index (κ2) is 4.77. The maximum atomic E-state index is 5.66. The number of para-hydroxylation sites is 1. The van der Waals surface area contributed by atoms with Gasteiger partial charge in [-0.2, -0.15) is 0 Å². The highest BCUT2D eigenvalue weighted by Crippen LogP contribution is 2.36. The van der Waals surface area contributed by atoms with E-state index in [0.29, 0.717) is 5.88 Å². The molecule has 1 aromatic heterocycles. The molecule has 3 nitrogen and oxygen atoms in total. The van der Waals surface area contributed by atoms with Crippen LogP contribution >= 0.6 is 0 Å². The Bertz CT molecular complexity index is 827. The zero-order valence-electron chi connectivity index (χ0n) is 11.8. The molecule has 4 rings (SSSR count). The zero-order chi connectivity index (χ0) is 14.2. The molecule has 0 N–H and O–H groups in total. The van der Waals surface area contributed by atoms with E-state index in [-0.39, 0.29) is 0 Å². The van der Waals surface area contributed by atoms with E-state index in [1.54, 1.807) is 7.11 Å². The number of methoxy groups -OCH3 is 1. The first kappa shape index (κ1) is 12.2. The fraction of sp³-hybridized carbons (Fsp3) is 0.167. The average molecular weight is 277 g/mol. The fourth-order valence-electron chi connectivity index (χ4n) is 2.79. The van der Waals surface area contributed by atoms with Crippen LogP contribution in [0.2, 0.25) is 0 Å². The molecule has 3 aromatic rings. The lowest BCUT2D eigenvalue weighted by Gasteiger charge is -2.10. The third-order valence-corrected chi connectivity index (χ3v) is 3.89. The van der Waals surface area contributed by atoms with Crippen LogP contribution in [0.25, 0.3) is 22.0 Å². The van der Waals surface area contributed by atoms with Crippen molar-refractivity contribution >= 4 is 10.9 Å². The first-order valence-corrected chi connectivity index (χ1v) is 7.05. The summed E-state index contributed by atoms with van der Waals surface area (Å²) in [6.45, 7) is 0.770. The minimum Gasteiger partial charge on any atom is -0.493 e. The van der Waals surface area contributed by atoms with Crippen LogP contribution in [-0.4, -0.2) is 18.7 Å². The van der Waals surface area contributed by atoms with Crippen molar-refractivity contribution in [1.29, 1.82) is 0 Å². The van der Waals surface area contributed by atoms with Gasteiger partial charge in [0.15, 0.2) is 0 Å². The lowest BCUT2D eigenvalue weighted by Crippen LogP contribution is -1.93. The monoisotopic (exact) mass is 277 g/mol. The molecular weight excluding hydrogens is 262 g/mol. The summed E-state index contributed by atoms with van der Waals surface area (Å²) < 4.78 is 11.1. The van der Waals surface area contributed by atoms with E-state index in [1.165, 1.54) is 5.56 Å². The summed E-state index contributed by atoms with van der Waals surface area (Å²) in [7, 11) is 1.66. The summed E-state index contributed by atoms with van der Waals surface area (Å²) in [5.74, 6) is 1.62. The molecule has 0 amide bonds. The summed E-state index contributed by atoms with van der Waals surface area (Å²) in [4.78, 5) is 4.60. The van der Waals surface area contributed by atoms with Gasteiger partial charge in [0.1, 0.15) is 5.75 Å². The Hall–Kier alpha value is -2.55. The van der Waals surface area contributed by atoms with Crippen molar-refractivity contribution < 1.29 is 9.47 Å². The molecule has 0 radical (unpaired) electrons. The van der Waals surface area contributed by atoms with Crippen LogP contribution in [0.3, 0.4) is 0 Å². The second-order valence-electron chi connectivity index (χ2n) is 5.16. The van der Waals surface area contributed by atoms with E-state index in [0.717, 1.165) is 40.8 Å². The van der Waals surface area contributed by atoms with Crippen molar-refractivity contribution in [2.24, 2.45) is 0 Å². The third kappa shape index (κ3) is 2.02. The summed E-state index contributed by atoms with van der Waals surface area (Å²) >= 11 is 0. The largest absolute Gasteiger partial charge is 0.493 e. The molecule has 1 aliphatic heterocycles. The van der Waals surface area contributed by atoms with Crippen molar-refractivity contribution in [2.75, 3.05) is 13.7 Å². The molecule has 0 unspecified atom stereocenters. The van der Waals surface area contributed by atoms with Gasteiger partial charge in [0.05, 0.1) is 19.2 Å². The first-order valence-electron chi connectivity index (χ1n) is 7.05. The average Bonchev–Trinajstić information content (AvgIpc) is 3.01. The van der Waals surface area contributed by atoms with E-state index < -0.39 is 0 Å². The summed E-state index contributed by atoms with van der Waals surface area (Å²) in [5.41, 5.74) is 4.28. The first-order chi connectivity index (χ1) is 10.3. The van der Waals surface area contributed by atoms with Crippen LogP contribution in [0, 0.1) is 0 Å². The number of pyridine rings is 1. The summed E-state index contributed by atoms with van der Waals surface area (Å²) in [6.07, 6.45) is 0.989. The quantitative estimate of drug-likeness (QED) is 0.713. The molecular formula is C18H15NO2. The van der Waals surface area contributed by atoms with Crippen molar-refractivity contribution in [3.05, 3.63) is 54.1 Å². The Morgan fingerprint density at radius 3 is 2.90 bits per heavy atom. The fourth-order valence-corrected chi connectivity index (χ4v) is 2.79. The van der Waals surface area contributed by atoms with Gasteiger partial charge >= 0.3 is 0 Å². The Labute approximate surface area is 123 Å². The molecule has 0 aliphatic carbocycles. The van der Waals surface area contributed by atoms with E-state index in [9.17, 15) is 0 Å². The second-order valence-corrected chi connectivity index (χ2v) is 5.16. The predicted molar refractivity (Wildman–Crippen MR) is 82.9 cm³/mol. The highest BCUT2D eigenvalue weighted by Gasteiger charge is 2.15. The van der Waals surface area contributed by atoms with Gasteiger partial charge in [-0.15, -0.1) is 0 Å². The molecule has 0 bridgehead atoms. The topological polar surface area (TPSA) is 31.4 Å². The third-order valence-electron chi connectivity index (χ3n) is 3.89. The number of rotatable bonds is 2. The Morgan fingerprint density at radius 1 is 1.10 bits per heavy atom. The van der Waals surface area contributed by atoms with Gasteiger partial charge in [0.25, 0.3) is 0 Å². The van der Waals surface area contributed by atoms with Gasteiger partial charge in [-0.25, -0.2) is 4.98 Å². The van der Waals surface area contributed by atoms with E-state index in [1.807, 2.05) is 18.2 Å². The standard InChI is InChI=1S/C18H15NO2/c1-20-18-15(10-14-4-2-3-5-16(14)19-18)13-7-6-12-8-9-21-17(12)11-13/h2-7,10-11H,8-9H2,1H3. The molecule has 21 heavy (non-hydrogen) atoms. The normalized spacial score (nSPS) is 13.0. The van der Waals surface area contributed by atoms with Crippen LogP contribution in [0.15, 0.2) is 48.5 Å². The predicted octanol–water partition coefficient (Wildman–Crippen LogP) is 3.85. The SMILES string of the molecule is COc1nc2ccccc2cc1-c1ccc2c(c1)OCC2. The highest BCUT2D eigenvalue weighted by molar-refractivity contribution is 5.86. The van der Waals surface area contributed by atoms with E-state index in [4.69, 9.17) is 9.47 Å². The number of hydrogen-bond acceptors (Lipinski definition) is 3. The molecule has 0 fully saturated rings. The molecule has 2 aromatic carbocycles. The minimum atomic E-state index is 0.645. The van der Waals surface area contributed by atoms with Crippen LogP contribution in [0.4, 0.5) is 0 Å². The molecule has 1 aliphatic rings. The molecule has 3 heteroatoms. The van der Waals surface area contributed by atoms with Crippen molar-refractivity contribution in [2.45, 2.75) is 6.42 Å². The van der Waals surface area contributed by atoms with Crippen molar-refractivity contribution in [3.8, 4) is 22.8 Å². The number of hydrogen-bond donors (Lipinski definition) is 0. The number of benzene rings is 2. The Balaban J connectivity index is 1.92. The van der Waals surface area contributed by atoms with Gasteiger partial charge in [0, 0.05) is 17.4 Å². The molecule has 0 saturated carbocycles. The van der Waals surface area contributed by atoms with Gasteiger partial charge in [0.2, 0.25) is 5.88 Å².